The fourth-order valence-electron chi connectivity index (χ4n) is 2.27. The van der Waals surface area contributed by atoms with Gasteiger partial charge in [-0.25, -0.2) is 13.1 Å². The van der Waals surface area contributed by atoms with Gasteiger partial charge in [0.05, 0.1) is 11.5 Å². The van der Waals surface area contributed by atoms with Crippen molar-refractivity contribution >= 4 is 32.2 Å². The summed E-state index contributed by atoms with van der Waals surface area (Å²) in [6.45, 7) is 2.71. The Morgan fingerprint density at radius 3 is 2.35 bits per heavy atom. The highest BCUT2D eigenvalue weighted by molar-refractivity contribution is 9.10. The van der Waals surface area contributed by atoms with Crippen LogP contribution in [0.4, 0.5) is 0 Å². The number of ether oxygens (including phenoxy) is 1. The number of sulfonamides is 1. The molecule has 2 aromatic carbocycles. The first-order valence-corrected chi connectivity index (χ1v) is 10.6. The lowest BCUT2D eigenvalue weighted by Gasteiger charge is -2.09. The molecule has 140 valence electrons. The van der Waals surface area contributed by atoms with Crippen LogP contribution < -0.4 is 9.46 Å². The minimum atomic E-state index is -3.47. The van der Waals surface area contributed by atoms with Gasteiger partial charge in [-0.1, -0.05) is 35.0 Å². The SMILES string of the molecule is CC(C=O)c1ccc(OCCCCNS(=O)(=O)c2ccc(Br)cc2)cc1. The molecule has 0 saturated carbocycles. The van der Waals surface area contributed by atoms with E-state index < -0.39 is 10.0 Å². The average Bonchev–Trinajstić information content (AvgIpc) is 2.64. The first kappa shape index (κ1) is 20.6. The molecule has 0 aliphatic rings. The summed E-state index contributed by atoms with van der Waals surface area (Å²) < 4.78 is 33.3. The van der Waals surface area contributed by atoms with Crippen LogP contribution in [0.1, 0.15) is 31.2 Å². The van der Waals surface area contributed by atoms with E-state index in [1.807, 2.05) is 31.2 Å². The summed E-state index contributed by atoms with van der Waals surface area (Å²) in [5.41, 5.74) is 0.953. The molecular formula is C19H22BrNO4S. The van der Waals surface area contributed by atoms with Crippen LogP contribution in [0.15, 0.2) is 57.9 Å². The number of rotatable bonds is 10. The van der Waals surface area contributed by atoms with Gasteiger partial charge in [0.1, 0.15) is 12.0 Å². The van der Waals surface area contributed by atoms with Crippen molar-refractivity contribution in [2.24, 2.45) is 0 Å². The van der Waals surface area contributed by atoms with E-state index in [1.54, 1.807) is 24.3 Å². The van der Waals surface area contributed by atoms with E-state index in [1.165, 1.54) is 0 Å². The lowest BCUT2D eigenvalue weighted by atomic mass is 10.0. The van der Waals surface area contributed by atoms with Gasteiger partial charge in [-0.15, -0.1) is 0 Å². The number of carbonyl (C=O) groups excluding carboxylic acids is 1. The quantitative estimate of drug-likeness (QED) is 0.450. The van der Waals surface area contributed by atoms with Crippen LogP contribution in [0, 0.1) is 0 Å². The Balaban J connectivity index is 1.69. The minimum absolute atomic E-state index is 0.122. The van der Waals surface area contributed by atoms with E-state index >= 15 is 0 Å². The molecule has 0 aromatic heterocycles. The summed E-state index contributed by atoms with van der Waals surface area (Å²) >= 11 is 3.28. The summed E-state index contributed by atoms with van der Waals surface area (Å²) in [5, 5.41) is 0. The van der Waals surface area contributed by atoms with Gasteiger partial charge in [0.15, 0.2) is 0 Å². The summed E-state index contributed by atoms with van der Waals surface area (Å²) in [6.07, 6.45) is 2.32. The van der Waals surface area contributed by atoms with E-state index in [4.69, 9.17) is 4.74 Å². The van der Waals surface area contributed by atoms with Crippen molar-refractivity contribution in [2.45, 2.75) is 30.6 Å². The Kier molecular flexibility index (Phi) is 7.81. The van der Waals surface area contributed by atoms with Crippen molar-refractivity contribution < 1.29 is 17.9 Å². The molecule has 0 heterocycles. The van der Waals surface area contributed by atoms with E-state index in [2.05, 4.69) is 20.7 Å². The first-order valence-electron chi connectivity index (χ1n) is 8.35. The van der Waals surface area contributed by atoms with Crippen LogP contribution in [-0.2, 0) is 14.8 Å². The van der Waals surface area contributed by atoms with Crippen LogP contribution in [-0.4, -0.2) is 27.9 Å². The van der Waals surface area contributed by atoms with E-state index in [0.717, 1.165) is 28.5 Å². The number of carbonyl (C=O) groups is 1. The average molecular weight is 440 g/mol. The minimum Gasteiger partial charge on any atom is -0.494 e. The Bertz CT molecular complexity index is 804. The second-order valence-corrected chi connectivity index (χ2v) is 8.58. The molecule has 0 amide bonds. The van der Waals surface area contributed by atoms with Crippen LogP contribution in [0.25, 0.3) is 0 Å². The third-order valence-corrected chi connectivity index (χ3v) is 5.87. The molecule has 2 rings (SSSR count). The Morgan fingerprint density at radius 2 is 1.73 bits per heavy atom. The number of halogens is 1. The van der Waals surface area contributed by atoms with Gasteiger partial charge in [0, 0.05) is 16.9 Å². The van der Waals surface area contributed by atoms with E-state index in [0.29, 0.717) is 19.6 Å². The maximum Gasteiger partial charge on any atom is 0.240 e. The van der Waals surface area contributed by atoms with Crippen LogP contribution in [0.2, 0.25) is 0 Å². The molecule has 0 spiro atoms. The van der Waals surface area contributed by atoms with Crippen molar-refractivity contribution in [1.82, 2.24) is 4.72 Å². The number of hydrogen-bond donors (Lipinski definition) is 1. The highest BCUT2D eigenvalue weighted by Gasteiger charge is 2.12. The smallest absolute Gasteiger partial charge is 0.240 e. The molecule has 0 bridgehead atoms. The van der Waals surface area contributed by atoms with Crippen molar-refractivity contribution in [2.75, 3.05) is 13.2 Å². The molecule has 0 aliphatic carbocycles. The number of aldehydes is 1. The summed E-state index contributed by atoms with van der Waals surface area (Å²) in [6, 6.07) is 13.9. The van der Waals surface area contributed by atoms with Gasteiger partial charge in [0.2, 0.25) is 10.0 Å². The molecule has 2 aromatic rings. The van der Waals surface area contributed by atoms with Crippen molar-refractivity contribution in [3.63, 3.8) is 0 Å². The highest BCUT2D eigenvalue weighted by atomic mass is 79.9. The molecule has 0 saturated heterocycles. The summed E-state index contributed by atoms with van der Waals surface area (Å²) in [4.78, 5) is 11.0. The summed E-state index contributed by atoms with van der Waals surface area (Å²) in [5.74, 6) is 0.616. The fraction of sp³-hybridized carbons (Fsp3) is 0.316. The molecule has 7 heteroatoms. The molecule has 0 fully saturated rings. The fourth-order valence-corrected chi connectivity index (χ4v) is 3.61. The largest absolute Gasteiger partial charge is 0.494 e. The highest BCUT2D eigenvalue weighted by Crippen LogP contribution is 2.18. The Labute approximate surface area is 162 Å². The molecular weight excluding hydrogens is 418 g/mol. The zero-order chi connectivity index (χ0) is 19.0. The monoisotopic (exact) mass is 439 g/mol. The Morgan fingerprint density at radius 1 is 1.08 bits per heavy atom. The summed E-state index contributed by atoms with van der Waals surface area (Å²) in [7, 11) is -3.47. The van der Waals surface area contributed by atoms with Gasteiger partial charge in [-0.2, -0.15) is 0 Å². The van der Waals surface area contributed by atoms with Crippen LogP contribution in [0.3, 0.4) is 0 Å². The zero-order valence-corrected chi connectivity index (χ0v) is 16.9. The second kappa shape index (κ2) is 9.85. The van der Waals surface area contributed by atoms with Crippen LogP contribution >= 0.6 is 15.9 Å². The molecule has 1 N–H and O–H groups in total. The number of unbranched alkanes of at least 4 members (excludes halogenated alkanes) is 1. The topological polar surface area (TPSA) is 72.5 Å². The van der Waals surface area contributed by atoms with Crippen LogP contribution in [0.5, 0.6) is 5.75 Å². The molecule has 0 radical (unpaired) electrons. The molecule has 5 nitrogen and oxygen atoms in total. The molecule has 1 unspecified atom stereocenters. The van der Waals surface area contributed by atoms with Gasteiger partial charge in [-0.3, -0.25) is 0 Å². The van der Waals surface area contributed by atoms with Gasteiger partial charge in [0.25, 0.3) is 0 Å². The van der Waals surface area contributed by atoms with E-state index in [9.17, 15) is 13.2 Å². The number of benzene rings is 2. The van der Waals surface area contributed by atoms with E-state index in [-0.39, 0.29) is 10.8 Å². The second-order valence-electron chi connectivity index (χ2n) is 5.90. The molecule has 1 atom stereocenters. The third kappa shape index (κ3) is 6.23. The first-order chi connectivity index (χ1) is 12.4. The number of nitrogens with one attached hydrogen (secondary N) is 1. The molecule has 26 heavy (non-hydrogen) atoms. The lowest BCUT2D eigenvalue weighted by Crippen LogP contribution is -2.25. The standard InChI is InChI=1S/C19H22BrNO4S/c1-15(14-22)16-4-8-18(9-5-16)25-13-3-2-12-21-26(23,24)19-10-6-17(20)7-11-19/h4-11,14-15,21H,2-3,12-13H2,1H3. The number of hydrogen-bond acceptors (Lipinski definition) is 4. The maximum atomic E-state index is 12.1. The van der Waals surface area contributed by atoms with Crippen molar-refractivity contribution in [3.05, 3.63) is 58.6 Å². The van der Waals surface area contributed by atoms with Crippen molar-refractivity contribution in [1.29, 1.82) is 0 Å². The van der Waals surface area contributed by atoms with Gasteiger partial charge in [-0.05, 0) is 54.8 Å². The lowest BCUT2D eigenvalue weighted by molar-refractivity contribution is -0.108. The normalized spacial score (nSPS) is 12.5. The van der Waals surface area contributed by atoms with Crippen molar-refractivity contribution in [3.8, 4) is 5.75 Å². The predicted molar refractivity (Wildman–Crippen MR) is 105 cm³/mol. The predicted octanol–water partition coefficient (Wildman–Crippen LogP) is 3.89. The molecule has 0 aliphatic heterocycles. The maximum absolute atomic E-state index is 12.1. The Hall–Kier alpha value is -1.70. The van der Waals surface area contributed by atoms with Gasteiger partial charge >= 0.3 is 0 Å². The zero-order valence-electron chi connectivity index (χ0n) is 14.5. The third-order valence-electron chi connectivity index (χ3n) is 3.87. The van der Waals surface area contributed by atoms with Gasteiger partial charge < -0.3 is 9.53 Å².